The number of nitrogens with one attached hydrogen (secondary N) is 1. The summed E-state index contributed by atoms with van der Waals surface area (Å²) < 4.78 is 13.0. The normalized spacial score (nSPS) is 24.9. The molecule has 1 nitrogen and oxygen atoms in total. The zero-order chi connectivity index (χ0) is 11.4. The van der Waals surface area contributed by atoms with E-state index in [0.29, 0.717) is 6.04 Å². The number of hydrogen-bond donors (Lipinski definition) is 1. The van der Waals surface area contributed by atoms with E-state index in [0.717, 1.165) is 17.9 Å². The molecule has 2 unspecified atom stereocenters. The molecule has 0 bridgehead atoms. The maximum Gasteiger partial charge on any atom is 0.123 e. The number of rotatable bonds is 4. The van der Waals surface area contributed by atoms with Gasteiger partial charge in [0.1, 0.15) is 5.82 Å². The quantitative estimate of drug-likeness (QED) is 0.823. The van der Waals surface area contributed by atoms with E-state index >= 15 is 0 Å². The van der Waals surface area contributed by atoms with Crippen LogP contribution in [0.1, 0.15) is 31.2 Å². The van der Waals surface area contributed by atoms with E-state index in [-0.39, 0.29) is 5.82 Å². The van der Waals surface area contributed by atoms with E-state index in [2.05, 4.69) is 5.32 Å². The zero-order valence-corrected chi connectivity index (χ0v) is 9.88. The van der Waals surface area contributed by atoms with Crippen LogP contribution in [0.15, 0.2) is 24.3 Å². The number of aryl methyl sites for hydroxylation is 1. The van der Waals surface area contributed by atoms with E-state index in [9.17, 15) is 4.39 Å². The van der Waals surface area contributed by atoms with E-state index in [4.69, 9.17) is 0 Å². The first-order valence-corrected chi connectivity index (χ1v) is 6.21. The first kappa shape index (κ1) is 11.6. The molecule has 0 radical (unpaired) electrons. The van der Waals surface area contributed by atoms with Crippen LogP contribution in [0.4, 0.5) is 4.39 Å². The van der Waals surface area contributed by atoms with Crippen molar-refractivity contribution in [2.45, 2.75) is 38.1 Å². The second-order valence-electron chi connectivity index (χ2n) is 4.75. The van der Waals surface area contributed by atoms with Gasteiger partial charge in [-0.2, -0.15) is 0 Å². The molecule has 2 atom stereocenters. The summed E-state index contributed by atoms with van der Waals surface area (Å²) in [5, 5.41) is 3.39. The van der Waals surface area contributed by atoms with Gasteiger partial charge >= 0.3 is 0 Å². The maximum atomic E-state index is 13.0. The SMILES string of the molecule is CNC1CCCC1CCc1cccc(F)c1. The molecule has 1 aliphatic rings. The molecule has 16 heavy (non-hydrogen) atoms. The van der Waals surface area contributed by atoms with Crippen LogP contribution in [-0.2, 0) is 6.42 Å². The van der Waals surface area contributed by atoms with Crippen LogP contribution in [0.3, 0.4) is 0 Å². The van der Waals surface area contributed by atoms with Gasteiger partial charge in [0.25, 0.3) is 0 Å². The van der Waals surface area contributed by atoms with Crippen molar-refractivity contribution in [1.82, 2.24) is 5.32 Å². The van der Waals surface area contributed by atoms with Crippen molar-refractivity contribution >= 4 is 0 Å². The van der Waals surface area contributed by atoms with Crippen molar-refractivity contribution < 1.29 is 4.39 Å². The zero-order valence-electron chi connectivity index (χ0n) is 9.88. The van der Waals surface area contributed by atoms with E-state index in [1.165, 1.54) is 31.7 Å². The molecule has 2 rings (SSSR count). The average molecular weight is 221 g/mol. The smallest absolute Gasteiger partial charge is 0.123 e. The molecule has 0 spiro atoms. The molecule has 0 aromatic heterocycles. The highest BCUT2D eigenvalue weighted by atomic mass is 19.1. The lowest BCUT2D eigenvalue weighted by molar-refractivity contribution is 0.400. The third-order valence-electron chi connectivity index (χ3n) is 3.72. The third-order valence-corrected chi connectivity index (χ3v) is 3.72. The Morgan fingerprint density at radius 2 is 2.25 bits per heavy atom. The van der Waals surface area contributed by atoms with Gasteiger partial charge < -0.3 is 5.32 Å². The van der Waals surface area contributed by atoms with Gasteiger partial charge in [-0.3, -0.25) is 0 Å². The summed E-state index contributed by atoms with van der Waals surface area (Å²) in [6, 6.07) is 7.66. The summed E-state index contributed by atoms with van der Waals surface area (Å²) in [6.45, 7) is 0. The molecule has 1 aromatic carbocycles. The molecule has 1 saturated carbocycles. The Kier molecular flexibility index (Phi) is 3.94. The highest BCUT2D eigenvalue weighted by Crippen LogP contribution is 2.29. The summed E-state index contributed by atoms with van der Waals surface area (Å²) in [5.41, 5.74) is 1.13. The van der Waals surface area contributed by atoms with Gasteiger partial charge in [-0.15, -0.1) is 0 Å². The molecule has 0 heterocycles. The van der Waals surface area contributed by atoms with Crippen molar-refractivity contribution in [3.8, 4) is 0 Å². The molecule has 0 saturated heterocycles. The fourth-order valence-electron chi connectivity index (χ4n) is 2.81. The third kappa shape index (κ3) is 2.82. The second-order valence-corrected chi connectivity index (χ2v) is 4.75. The molecule has 1 aromatic rings. The van der Waals surface area contributed by atoms with Gasteiger partial charge in [-0.05, 0) is 56.3 Å². The molecule has 1 aliphatic carbocycles. The molecule has 1 fully saturated rings. The number of halogens is 1. The molecular formula is C14H20FN. The van der Waals surface area contributed by atoms with Crippen LogP contribution in [0.2, 0.25) is 0 Å². The Morgan fingerprint density at radius 1 is 1.38 bits per heavy atom. The summed E-state index contributed by atoms with van der Waals surface area (Å²) in [7, 11) is 2.05. The fourth-order valence-corrected chi connectivity index (χ4v) is 2.81. The highest BCUT2D eigenvalue weighted by molar-refractivity contribution is 5.16. The monoisotopic (exact) mass is 221 g/mol. The lowest BCUT2D eigenvalue weighted by Gasteiger charge is -2.18. The Balaban J connectivity index is 1.87. The van der Waals surface area contributed by atoms with E-state index in [1.807, 2.05) is 13.1 Å². The first-order valence-electron chi connectivity index (χ1n) is 6.21. The van der Waals surface area contributed by atoms with Crippen LogP contribution in [0, 0.1) is 11.7 Å². The summed E-state index contributed by atoms with van der Waals surface area (Å²) >= 11 is 0. The van der Waals surface area contributed by atoms with Gasteiger partial charge in [0.15, 0.2) is 0 Å². The van der Waals surface area contributed by atoms with Crippen molar-refractivity contribution in [2.24, 2.45) is 5.92 Å². The lowest BCUT2D eigenvalue weighted by atomic mass is 9.95. The lowest BCUT2D eigenvalue weighted by Crippen LogP contribution is -2.29. The van der Waals surface area contributed by atoms with Crippen LogP contribution in [-0.4, -0.2) is 13.1 Å². The number of benzene rings is 1. The first-order chi connectivity index (χ1) is 7.79. The Labute approximate surface area is 97.1 Å². The maximum absolute atomic E-state index is 13.0. The Morgan fingerprint density at radius 3 is 3.00 bits per heavy atom. The minimum Gasteiger partial charge on any atom is -0.317 e. The van der Waals surface area contributed by atoms with Crippen LogP contribution in [0.5, 0.6) is 0 Å². The van der Waals surface area contributed by atoms with Crippen LogP contribution < -0.4 is 5.32 Å². The van der Waals surface area contributed by atoms with Crippen molar-refractivity contribution in [1.29, 1.82) is 0 Å². The minimum atomic E-state index is -0.117. The average Bonchev–Trinajstić information content (AvgIpc) is 2.74. The van der Waals surface area contributed by atoms with Crippen LogP contribution >= 0.6 is 0 Å². The summed E-state index contributed by atoms with van der Waals surface area (Å²) in [5.74, 6) is 0.655. The predicted molar refractivity (Wildman–Crippen MR) is 64.9 cm³/mol. The van der Waals surface area contributed by atoms with Crippen molar-refractivity contribution in [3.05, 3.63) is 35.6 Å². The van der Waals surface area contributed by atoms with Gasteiger partial charge in [0.05, 0.1) is 0 Å². The Hall–Kier alpha value is -0.890. The standard InChI is InChI=1S/C14H20FN/c1-16-14-7-3-5-12(14)9-8-11-4-2-6-13(15)10-11/h2,4,6,10,12,14,16H,3,5,7-9H2,1H3. The highest BCUT2D eigenvalue weighted by Gasteiger charge is 2.25. The molecular weight excluding hydrogens is 201 g/mol. The van der Waals surface area contributed by atoms with Gasteiger partial charge in [-0.25, -0.2) is 4.39 Å². The minimum absolute atomic E-state index is 0.117. The predicted octanol–water partition coefficient (Wildman–Crippen LogP) is 3.15. The van der Waals surface area contributed by atoms with Crippen molar-refractivity contribution in [3.63, 3.8) is 0 Å². The fraction of sp³-hybridized carbons (Fsp3) is 0.571. The van der Waals surface area contributed by atoms with Crippen LogP contribution in [0.25, 0.3) is 0 Å². The van der Waals surface area contributed by atoms with E-state index < -0.39 is 0 Å². The topological polar surface area (TPSA) is 12.0 Å². The van der Waals surface area contributed by atoms with Crippen molar-refractivity contribution in [2.75, 3.05) is 7.05 Å². The molecule has 2 heteroatoms. The Bertz CT molecular complexity index is 337. The second kappa shape index (κ2) is 5.44. The molecule has 1 N–H and O–H groups in total. The summed E-state index contributed by atoms with van der Waals surface area (Å²) in [4.78, 5) is 0. The number of hydrogen-bond acceptors (Lipinski definition) is 1. The van der Waals surface area contributed by atoms with E-state index in [1.54, 1.807) is 12.1 Å². The molecule has 0 aliphatic heterocycles. The molecule has 88 valence electrons. The largest absolute Gasteiger partial charge is 0.317 e. The van der Waals surface area contributed by atoms with Gasteiger partial charge in [0, 0.05) is 6.04 Å². The summed E-state index contributed by atoms with van der Waals surface area (Å²) in [6.07, 6.45) is 6.13. The molecule has 0 amide bonds. The van der Waals surface area contributed by atoms with Gasteiger partial charge in [-0.1, -0.05) is 18.6 Å². The van der Waals surface area contributed by atoms with Gasteiger partial charge in [0.2, 0.25) is 0 Å².